The molecule has 0 bridgehead atoms. The number of nitro groups is 1. The van der Waals surface area contributed by atoms with Crippen LogP contribution >= 0.6 is 0 Å². The number of anilines is 1. The molecular formula is C25H23N3O5. The molecule has 0 unspecified atom stereocenters. The number of hydrogen-bond acceptors (Lipinski definition) is 6. The maximum absolute atomic E-state index is 12.2. The van der Waals surface area contributed by atoms with Crippen LogP contribution in [0.25, 0.3) is 22.6 Å². The third-order valence-corrected chi connectivity index (χ3v) is 5.43. The average molecular weight is 445 g/mol. The quantitative estimate of drug-likeness (QED) is 0.266. The minimum Gasteiger partial charge on any atom is -0.484 e. The Labute approximate surface area is 190 Å². The standard InChI is InChI=1S/C25H23N3O5/c1-3-16(2)18-6-13-23-22(14-18)27-25(33-23)17-4-7-19(8-5-17)26-24(29)15-32-21-11-9-20(10-12-21)28(30)31/h4-14,16H,3,15H2,1-2H3,(H,26,29)/t16-/m0/s1. The number of nitrogens with one attached hydrogen (secondary N) is 1. The van der Waals surface area contributed by atoms with E-state index in [1.165, 1.54) is 29.8 Å². The van der Waals surface area contributed by atoms with Crippen LogP contribution < -0.4 is 10.1 Å². The smallest absolute Gasteiger partial charge is 0.269 e. The Kier molecular flexibility index (Phi) is 6.35. The molecule has 0 aliphatic heterocycles. The summed E-state index contributed by atoms with van der Waals surface area (Å²) in [5.74, 6) is 1.01. The van der Waals surface area contributed by atoms with Crippen LogP contribution in [0.4, 0.5) is 11.4 Å². The molecule has 33 heavy (non-hydrogen) atoms. The van der Waals surface area contributed by atoms with Gasteiger partial charge in [0.2, 0.25) is 5.89 Å². The maximum atomic E-state index is 12.2. The van der Waals surface area contributed by atoms with E-state index in [9.17, 15) is 14.9 Å². The van der Waals surface area contributed by atoms with Crippen LogP contribution in [-0.4, -0.2) is 22.4 Å². The highest BCUT2D eigenvalue weighted by Gasteiger charge is 2.12. The summed E-state index contributed by atoms with van der Waals surface area (Å²) in [5.41, 5.74) is 4.16. The van der Waals surface area contributed by atoms with Gasteiger partial charge in [0.15, 0.2) is 12.2 Å². The predicted molar refractivity (Wildman–Crippen MR) is 125 cm³/mol. The van der Waals surface area contributed by atoms with Crippen LogP contribution in [0.5, 0.6) is 5.75 Å². The van der Waals surface area contributed by atoms with Crippen molar-refractivity contribution in [1.29, 1.82) is 0 Å². The van der Waals surface area contributed by atoms with E-state index in [1.807, 2.05) is 18.2 Å². The number of aromatic nitrogens is 1. The summed E-state index contributed by atoms with van der Waals surface area (Å²) in [6.07, 6.45) is 1.06. The molecule has 0 fully saturated rings. The zero-order valence-corrected chi connectivity index (χ0v) is 18.3. The lowest BCUT2D eigenvalue weighted by atomic mass is 9.98. The summed E-state index contributed by atoms with van der Waals surface area (Å²) < 4.78 is 11.3. The van der Waals surface area contributed by atoms with Crippen LogP contribution in [0.15, 0.2) is 71.1 Å². The number of rotatable bonds is 8. The fraction of sp³-hybridized carbons (Fsp3) is 0.200. The second-order valence-corrected chi connectivity index (χ2v) is 7.72. The van der Waals surface area contributed by atoms with Gasteiger partial charge in [-0.15, -0.1) is 0 Å². The van der Waals surface area contributed by atoms with Gasteiger partial charge in [0.1, 0.15) is 11.3 Å². The second-order valence-electron chi connectivity index (χ2n) is 7.72. The number of nitrogens with zero attached hydrogens (tertiary/aromatic N) is 2. The van der Waals surface area contributed by atoms with Crippen LogP contribution in [-0.2, 0) is 4.79 Å². The van der Waals surface area contributed by atoms with Crippen molar-refractivity contribution in [3.63, 3.8) is 0 Å². The summed E-state index contributed by atoms with van der Waals surface area (Å²) in [6, 6.07) is 18.8. The van der Waals surface area contributed by atoms with Crippen LogP contribution in [0.1, 0.15) is 31.7 Å². The van der Waals surface area contributed by atoms with E-state index in [-0.39, 0.29) is 18.2 Å². The maximum Gasteiger partial charge on any atom is 0.269 e. The fourth-order valence-corrected chi connectivity index (χ4v) is 3.32. The summed E-state index contributed by atoms with van der Waals surface area (Å²) in [5, 5.41) is 13.4. The molecule has 1 aromatic heterocycles. The SMILES string of the molecule is CC[C@H](C)c1ccc2oc(-c3ccc(NC(=O)COc4ccc([N+](=O)[O-])cc4)cc3)nc2c1. The van der Waals surface area contributed by atoms with Gasteiger partial charge in [0.05, 0.1) is 4.92 Å². The van der Waals surface area contributed by atoms with E-state index in [4.69, 9.17) is 9.15 Å². The Bertz CT molecular complexity index is 1280. The van der Waals surface area contributed by atoms with Gasteiger partial charge in [0.25, 0.3) is 11.6 Å². The molecule has 3 aromatic carbocycles. The van der Waals surface area contributed by atoms with E-state index in [2.05, 4.69) is 36.3 Å². The third-order valence-electron chi connectivity index (χ3n) is 5.43. The number of amides is 1. The van der Waals surface area contributed by atoms with Gasteiger partial charge >= 0.3 is 0 Å². The molecule has 0 saturated carbocycles. The van der Waals surface area contributed by atoms with Gasteiger partial charge < -0.3 is 14.5 Å². The lowest BCUT2D eigenvalue weighted by Crippen LogP contribution is -2.20. The van der Waals surface area contributed by atoms with Crippen LogP contribution in [0.3, 0.4) is 0 Å². The van der Waals surface area contributed by atoms with E-state index in [1.54, 1.807) is 12.1 Å². The molecule has 8 heteroatoms. The molecule has 168 valence electrons. The number of benzene rings is 3. The van der Waals surface area contributed by atoms with Crippen molar-refractivity contribution in [2.45, 2.75) is 26.2 Å². The van der Waals surface area contributed by atoms with Crippen molar-refractivity contribution in [3.05, 3.63) is 82.4 Å². The van der Waals surface area contributed by atoms with Gasteiger partial charge in [-0.3, -0.25) is 14.9 Å². The third kappa shape index (κ3) is 5.17. The molecule has 0 aliphatic rings. The first kappa shape index (κ1) is 22.0. The predicted octanol–water partition coefficient (Wildman–Crippen LogP) is 5.93. The number of fused-ring (bicyclic) bond motifs is 1. The van der Waals surface area contributed by atoms with Crippen molar-refractivity contribution in [3.8, 4) is 17.2 Å². The van der Waals surface area contributed by atoms with Crippen LogP contribution in [0.2, 0.25) is 0 Å². The Morgan fingerprint density at radius 3 is 2.52 bits per heavy atom. The highest BCUT2D eigenvalue weighted by molar-refractivity contribution is 5.92. The van der Waals surface area contributed by atoms with E-state index < -0.39 is 4.92 Å². The van der Waals surface area contributed by atoms with Gasteiger partial charge in [-0.05, 0) is 66.4 Å². The van der Waals surface area contributed by atoms with E-state index in [0.29, 0.717) is 23.2 Å². The molecule has 4 aromatic rings. The highest BCUT2D eigenvalue weighted by atomic mass is 16.6. The Balaban J connectivity index is 1.37. The number of carbonyl (C=O) groups excluding carboxylic acids is 1. The number of ether oxygens (including phenoxy) is 1. The highest BCUT2D eigenvalue weighted by Crippen LogP contribution is 2.28. The molecule has 0 spiro atoms. The molecule has 1 heterocycles. The number of oxazole rings is 1. The van der Waals surface area contributed by atoms with Gasteiger partial charge in [-0.25, -0.2) is 4.98 Å². The first-order valence-electron chi connectivity index (χ1n) is 10.6. The molecule has 1 atom stereocenters. The summed E-state index contributed by atoms with van der Waals surface area (Å²) >= 11 is 0. The topological polar surface area (TPSA) is 108 Å². The van der Waals surface area contributed by atoms with Crippen LogP contribution in [0, 0.1) is 10.1 Å². The zero-order valence-electron chi connectivity index (χ0n) is 18.3. The van der Waals surface area contributed by atoms with Crippen molar-refractivity contribution in [2.24, 2.45) is 0 Å². The lowest BCUT2D eigenvalue weighted by Gasteiger charge is -2.07. The van der Waals surface area contributed by atoms with E-state index >= 15 is 0 Å². The molecule has 8 nitrogen and oxygen atoms in total. The molecule has 0 radical (unpaired) electrons. The first-order valence-corrected chi connectivity index (χ1v) is 10.6. The van der Waals surface area contributed by atoms with Crippen molar-refractivity contribution in [1.82, 2.24) is 4.98 Å². The molecule has 4 rings (SSSR count). The number of nitro benzene ring substituents is 1. The molecule has 1 N–H and O–H groups in total. The number of carbonyl (C=O) groups is 1. The van der Waals surface area contributed by atoms with Gasteiger partial charge in [-0.1, -0.05) is 19.9 Å². The summed E-state index contributed by atoms with van der Waals surface area (Å²) in [4.78, 5) is 27.0. The Morgan fingerprint density at radius 1 is 1.12 bits per heavy atom. The van der Waals surface area contributed by atoms with Gasteiger partial charge in [0, 0.05) is 23.4 Å². The molecule has 1 amide bonds. The summed E-state index contributed by atoms with van der Waals surface area (Å²) in [6.45, 7) is 4.13. The minimum absolute atomic E-state index is 0.0400. The monoisotopic (exact) mass is 445 g/mol. The minimum atomic E-state index is -0.495. The van der Waals surface area contributed by atoms with Crippen molar-refractivity contribution in [2.75, 3.05) is 11.9 Å². The average Bonchev–Trinajstić information content (AvgIpc) is 3.26. The summed E-state index contributed by atoms with van der Waals surface area (Å²) in [7, 11) is 0. The lowest BCUT2D eigenvalue weighted by molar-refractivity contribution is -0.384. The van der Waals surface area contributed by atoms with Gasteiger partial charge in [-0.2, -0.15) is 0 Å². The zero-order chi connectivity index (χ0) is 23.4. The van der Waals surface area contributed by atoms with Crippen molar-refractivity contribution < 1.29 is 18.9 Å². The normalized spacial score (nSPS) is 11.8. The first-order chi connectivity index (χ1) is 15.9. The fourth-order valence-electron chi connectivity index (χ4n) is 3.32. The van der Waals surface area contributed by atoms with Crippen molar-refractivity contribution >= 4 is 28.4 Å². The molecular weight excluding hydrogens is 422 g/mol. The second kappa shape index (κ2) is 9.52. The molecule has 0 saturated heterocycles. The molecule has 0 aliphatic carbocycles. The Hall–Kier alpha value is -4.20. The van der Waals surface area contributed by atoms with E-state index in [0.717, 1.165) is 23.1 Å². The largest absolute Gasteiger partial charge is 0.484 e. The Morgan fingerprint density at radius 2 is 1.85 bits per heavy atom. The number of hydrogen-bond donors (Lipinski definition) is 1. The number of non-ortho nitro benzene ring substituents is 1.